The van der Waals surface area contributed by atoms with E-state index in [9.17, 15) is 0 Å². The van der Waals surface area contributed by atoms with Gasteiger partial charge in [-0.2, -0.15) is 0 Å². The van der Waals surface area contributed by atoms with E-state index in [1.807, 2.05) is 0 Å². The standard InChI is InChI=1S/C10H21N2P/c1-9(13)6-12-7-10(8-12)2-4-11-5-3-10/h9,11H,2-8,13H2,1H3. The molecule has 76 valence electrons. The lowest BCUT2D eigenvalue weighted by atomic mass is 9.72. The van der Waals surface area contributed by atoms with Crippen molar-refractivity contribution in [3.05, 3.63) is 0 Å². The maximum atomic E-state index is 3.44. The minimum Gasteiger partial charge on any atom is -0.317 e. The van der Waals surface area contributed by atoms with Crippen molar-refractivity contribution in [2.24, 2.45) is 5.41 Å². The molecule has 1 N–H and O–H groups in total. The van der Waals surface area contributed by atoms with Gasteiger partial charge < -0.3 is 10.2 Å². The number of piperidine rings is 1. The first-order valence-electron chi connectivity index (χ1n) is 5.39. The quantitative estimate of drug-likeness (QED) is 0.667. The SMILES string of the molecule is CC(P)CN1CC2(CCNCC2)C1. The average molecular weight is 200 g/mol. The smallest absolute Gasteiger partial charge is 0.00517 e. The van der Waals surface area contributed by atoms with Crippen LogP contribution in [0.5, 0.6) is 0 Å². The van der Waals surface area contributed by atoms with Crippen LogP contribution in [0.15, 0.2) is 0 Å². The molecule has 2 aliphatic heterocycles. The molecule has 3 heteroatoms. The van der Waals surface area contributed by atoms with E-state index < -0.39 is 0 Å². The zero-order valence-corrected chi connectivity index (χ0v) is 9.71. The van der Waals surface area contributed by atoms with Crippen molar-refractivity contribution in [1.29, 1.82) is 0 Å². The fourth-order valence-electron chi connectivity index (χ4n) is 2.71. The molecule has 13 heavy (non-hydrogen) atoms. The second-order valence-electron chi connectivity index (χ2n) is 4.90. The molecule has 0 aromatic rings. The molecule has 0 bridgehead atoms. The molecule has 2 rings (SSSR count). The van der Waals surface area contributed by atoms with Crippen LogP contribution in [0.3, 0.4) is 0 Å². The van der Waals surface area contributed by atoms with E-state index in [4.69, 9.17) is 0 Å². The van der Waals surface area contributed by atoms with Gasteiger partial charge >= 0.3 is 0 Å². The minimum absolute atomic E-state index is 0.713. The predicted molar refractivity (Wildman–Crippen MR) is 60.1 cm³/mol. The van der Waals surface area contributed by atoms with Crippen molar-refractivity contribution >= 4 is 9.24 Å². The first-order chi connectivity index (χ1) is 6.20. The van der Waals surface area contributed by atoms with Crippen molar-refractivity contribution in [2.75, 3.05) is 32.7 Å². The Morgan fingerprint density at radius 3 is 2.54 bits per heavy atom. The van der Waals surface area contributed by atoms with Crippen LogP contribution in [-0.2, 0) is 0 Å². The van der Waals surface area contributed by atoms with E-state index in [0.29, 0.717) is 5.41 Å². The second-order valence-corrected chi connectivity index (χ2v) is 6.03. The summed E-state index contributed by atoms with van der Waals surface area (Å²) >= 11 is 0. The van der Waals surface area contributed by atoms with Gasteiger partial charge in [-0.25, -0.2) is 0 Å². The highest BCUT2D eigenvalue weighted by Gasteiger charge is 2.42. The zero-order chi connectivity index (χ0) is 9.31. The van der Waals surface area contributed by atoms with Gasteiger partial charge in [-0.05, 0) is 37.0 Å². The van der Waals surface area contributed by atoms with Crippen LogP contribution in [-0.4, -0.2) is 43.3 Å². The highest BCUT2D eigenvalue weighted by atomic mass is 31.0. The van der Waals surface area contributed by atoms with Crippen LogP contribution in [0.25, 0.3) is 0 Å². The van der Waals surface area contributed by atoms with E-state index in [-0.39, 0.29) is 0 Å². The van der Waals surface area contributed by atoms with Crippen LogP contribution >= 0.6 is 9.24 Å². The molecule has 2 heterocycles. The molecule has 0 saturated carbocycles. The molecule has 0 amide bonds. The zero-order valence-electron chi connectivity index (χ0n) is 8.55. The fraction of sp³-hybridized carbons (Fsp3) is 1.00. The fourth-order valence-corrected chi connectivity index (χ4v) is 3.01. The lowest BCUT2D eigenvalue weighted by Crippen LogP contribution is -2.60. The summed E-state index contributed by atoms with van der Waals surface area (Å²) < 4.78 is 0. The molecular formula is C10H21N2P. The van der Waals surface area contributed by atoms with Gasteiger partial charge in [0.25, 0.3) is 0 Å². The normalized spacial score (nSPS) is 30.0. The Morgan fingerprint density at radius 2 is 2.00 bits per heavy atom. The number of hydrogen-bond donors (Lipinski definition) is 1. The van der Waals surface area contributed by atoms with E-state index in [2.05, 4.69) is 26.4 Å². The summed E-state index contributed by atoms with van der Waals surface area (Å²) in [5, 5.41) is 3.44. The van der Waals surface area contributed by atoms with Gasteiger partial charge in [0.05, 0.1) is 0 Å². The summed E-state index contributed by atoms with van der Waals surface area (Å²) in [6.45, 7) is 8.73. The summed E-state index contributed by atoms with van der Waals surface area (Å²) in [4.78, 5) is 2.60. The van der Waals surface area contributed by atoms with E-state index in [1.54, 1.807) is 0 Å². The molecule has 2 saturated heterocycles. The lowest BCUT2D eigenvalue weighted by Gasteiger charge is -2.53. The first kappa shape index (κ1) is 9.89. The molecule has 0 aliphatic carbocycles. The predicted octanol–water partition coefficient (Wildman–Crippen LogP) is 0.935. The average Bonchev–Trinajstić information content (AvgIpc) is 2.02. The number of rotatable bonds is 2. The third kappa shape index (κ3) is 2.23. The van der Waals surface area contributed by atoms with Crippen LogP contribution in [0.2, 0.25) is 0 Å². The van der Waals surface area contributed by atoms with Crippen LogP contribution in [0, 0.1) is 5.41 Å². The molecule has 0 aromatic carbocycles. The molecule has 2 aliphatic rings. The Labute approximate surface area is 83.7 Å². The van der Waals surface area contributed by atoms with Crippen LogP contribution in [0.4, 0.5) is 0 Å². The monoisotopic (exact) mass is 200 g/mol. The highest BCUT2D eigenvalue weighted by molar-refractivity contribution is 7.17. The Balaban J connectivity index is 1.75. The van der Waals surface area contributed by atoms with Gasteiger partial charge in [0, 0.05) is 19.6 Å². The van der Waals surface area contributed by atoms with Gasteiger partial charge in [0.1, 0.15) is 0 Å². The number of nitrogens with zero attached hydrogens (tertiary/aromatic N) is 1. The van der Waals surface area contributed by atoms with Gasteiger partial charge in [0.2, 0.25) is 0 Å². The molecular weight excluding hydrogens is 179 g/mol. The Hall–Kier alpha value is 0.350. The third-order valence-electron chi connectivity index (χ3n) is 3.33. The molecule has 2 unspecified atom stereocenters. The van der Waals surface area contributed by atoms with Gasteiger partial charge in [-0.1, -0.05) is 6.92 Å². The van der Waals surface area contributed by atoms with Crippen molar-refractivity contribution in [3.8, 4) is 0 Å². The Morgan fingerprint density at radius 1 is 1.38 bits per heavy atom. The number of likely N-dealkylation sites (tertiary alicyclic amines) is 1. The molecule has 1 spiro atoms. The summed E-state index contributed by atoms with van der Waals surface area (Å²) in [5.74, 6) is 0. The van der Waals surface area contributed by atoms with Gasteiger partial charge in [-0.3, -0.25) is 0 Å². The third-order valence-corrected chi connectivity index (χ3v) is 3.54. The Bertz CT molecular complexity index is 168. The van der Waals surface area contributed by atoms with Gasteiger partial charge in [-0.15, -0.1) is 9.24 Å². The Kier molecular flexibility index (Phi) is 2.92. The van der Waals surface area contributed by atoms with Crippen LogP contribution in [0.1, 0.15) is 19.8 Å². The highest BCUT2D eigenvalue weighted by Crippen LogP contribution is 2.38. The first-order valence-corrected chi connectivity index (χ1v) is 6.06. The van der Waals surface area contributed by atoms with Crippen LogP contribution < -0.4 is 5.32 Å². The molecule has 2 fully saturated rings. The van der Waals surface area contributed by atoms with Crippen molar-refractivity contribution in [2.45, 2.75) is 25.4 Å². The molecule has 0 radical (unpaired) electrons. The van der Waals surface area contributed by atoms with Crippen molar-refractivity contribution in [1.82, 2.24) is 10.2 Å². The topological polar surface area (TPSA) is 15.3 Å². The lowest BCUT2D eigenvalue weighted by molar-refractivity contribution is -0.0213. The minimum atomic E-state index is 0.713. The maximum Gasteiger partial charge on any atom is 0.00517 e. The summed E-state index contributed by atoms with van der Waals surface area (Å²) in [6.07, 6.45) is 2.80. The number of hydrogen-bond acceptors (Lipinski definition) is 2. The summed E-state index contributed by atoms with van der Waals surface area (Å²) in [5.41, 5.74) is 1.46. The van der Waals surface area contributed by atoms with Crippen molar-refractivity contribution < 1.29 is 0 Å². The molecule has 0 aromatic heterocycles. The number of nitrogens with one attached hydrogen (secondary N) is 1. The largest absolute Gasteiger partial charge is 0.317 e. The van der Waals surface area contributed by atoms with Gasteiger partial charge in [0.15, 0.2) is 0 Å². The summed E-state index contributed by atoms with van der Waals surface area (Å²) in [7, 11) is 2.89. The van der Waals surface area contributed by atoms with E-state index >= 15 is 0 Å². The summed E-state index contributed by atoms with van der Waals surface area (Å²) in [6, 6.07) is 0. The van der Waals surface area contributed by atoms with E-state index in [1.165, 1.54) is 45.6 Å². The maximum absolute atomic E-state index is 3.44. The molecule has 2 nitrogen and oxygen atoms in total. The van der Waals surface area contributed by atoms with Crippen molar-refractivity contribution in [3.63, 3.8) is 0 Å². The van der Waals surface area contributed by atoms with E-state index in [0.717, 1.165) is 5.66 Å². The molecule has 2 atom stereocenters. The second kappa shape index (κ2) is 3.84.